The minimum Gasteiger partial charge on any atom is -0.396 e. The van der Waals surface area contributed by atoms with E-state index in [0.29, 0.717) is 18.1 Å². The predicted octanol–water partition coefficient (Wildman–Crippen LogP) is 2.32. The molecule has 2 rings (SSSR count). The summed E-state index contributed by atoms with van der Waals surface area (Å²) in [6.07, 6.45) is 9.36. The Morgan fingerprint density at radius 2 is 2.13 bits per heavy atom. The van der Waals surface area contributed by atoms with Crippen molar-refractivity contribution in [1.29, 1.82) is 0 Å². The van der Waals surface area contributed by atoms with Crippen LogP contribution in [0.2, 0.25) is 0 Å². The molecule has 2 aliphatic rings. The summed E-state index contributed by atoms with van der Waals surface area (Å²) in [7, 11) is 0. The molecule has 2 aliphatic carbocycles. The van der Waals surface area contributed by atoms with Crippen LogP contribution >= 0.6 is 0 Å². The zero-order chi connectivity index (χ0) is 10.7. The third-order valence-corrected chi connectivity index (χ3v) is 4.39. The van der Waals surface area contributed by atoms with Gasteiger partial charge in [-0.3, -0.25) is 0 Å². The lowest BCUT2D eigenvalue weighted by Gasteiger charge is -2.43. The monoisotopic (exact) mass is 211 g/mol. The minimum atomic E-state index is 0.333. The number of aliphatic hydroxyl groups excluding tert-OH is 1. The van der Waals surface area contributed by atoms with Gasteiger partial charge in [0, 0.05) is 19.2 Å². The van der Waals surface area contributed by atoms with Gasteiger partial charge < -0.3 is 10.4 Å². The highest BCUT2D eigenvalue weighted by atomic mass is 16.2. The highest BCUT2D eigenvalue weighted by molar-refractivity contribution is 5.00. The maximum Gasteiger partial charge on any atom is 0.0431 e. The molecule has 88 valence electrons. The summed E-state index contributed by atoms with van der Waals surface area (Å²) in [6.45, 7) is 3.80. The van der Waals surface area contributed by atoms with Crippen LogP contribution in [0.1, 0.15) is 51.9 Å². The van der Waals surface area contributed by atoms with Crippen molar-refractivity contribution in [3.8, 4) is 0 Å². The van der Waals surface area contributed by atoms with Crippen molar-refractivity contribution >= 4 is 0 Å². The number of hydrogen-bond acceptors (Lipinski definition) is 2. The zero-order valence-corrected chi connectivity index (χ0v) is 9.97. The second-order valence-electron chi connectivity index (χ2n) is 5.64. The lowest BCUT2D eigenvalue weighted by atomic mass is 9.65. The molecule has 0 aromatic heterocycles. The summed E-state index contributed by atoms with van der Waals surface area (Å²) in [5.41, 5.74) is 0.688. The second kappa shape index (κ2) is 4.84. The lowest BCUT2D eigenvalue weighted by Crippen LogP contribution is -2.44. The Morgan fingerprint density at radius 1 is 1.40 bits per heavy atom. The fourth-order valence-electron chi connectivity index (χ4n) is 2.93. The zero-order valence-electron chi connectivity index (χ0n) is 9.97. The summed E-state index contributed by atoms with van der Waals surface area (Å²) in [5, 5.41) is 12.4. The molecule has 1 unspecified atom stereocenters. The summed E-state index contributed by atoms with van der Waals surface area (Å²) in [6, 6.07) is 0.577. The van der Waals surface area contributed by atoms with Crippen LogP contribution in [0.15, 0.2) is 0 Å². The Hall–Kier alpha value is -0.0800. The summed E-state index contributed by atoms with van der Waals surface area (Å²) in [5.74, 6) is 1.05. The van der Waals surface area contributed by atoms with Gasteiger partial charge in [-0.15, -0.1) is 0 Å². The van der Waals surface area contributed by atoms with Gasteiger partial charge in [0.1, 0.15) is 0 Å². The van der Waals surface area contributed by atoms with Gasteiger partial charge in [-0.05, 0) is 56.8 Å². The second-order valence-corrected chi connectivity index (χ2v) is 5.64. The summed E-state index contributed by atoms with van der Waals surface area (Å²) in [4.78, 5) is 0. The van der Waals surface area contributed by atoms with Gasteiger partial charge in [-0.1, -0.05) is 6.42 Å². The smallest absolute Gasteiger partial charge is 0.0431 e. The molecule has 0 amide bonds. The number of aliphatic hydroxyl groups is 1. The van der Waals surface area contributed by atoms with Gasteiger partial charge in [0.05, 0.1) is 0 Å². The Bertz CT molecular complexity index is 197. The Labute approximate surface area is 93.5 Å². The molecule has 0 radical (unpaired) electrons. The van der Waals surface area contributed by atoms with Crippen LogP contribution < -0.4 is 5.32 Å². The maximum absolute atomic E-state index is 8.77. The Morgan fingerprint density at radius 3 is 2.60 bits per heavy atom. The van der Waals surface area contributed by atoms with E-state index in [-0.39, 0.29) is 0 Å². The van der Waals surface area contributed by atoms with E-state index in [4.69, 9.17) is 5.11 Å². The van der Waals surface area contributed by atoms with Crippen LogP contribution in [0.5, 0.6) is 0 Å². The van der Waals surface area contributed by atoms with Gasteiger partial charge >= 0.3 is 0 Å². The van der Waals surface area contributed by atoms with Crippen molar-refractivity contribution in [1.82, 2.24) is 5.32 Å². The molecule has 0 saturated heterocycles. The predicted molar refractivity (Wildman–Crippen MR) is 62.8 cm³/mol. The van der Waals surface area contributed by atoms with E-state index in [1.807, 2.05) is 0 Å². The summed E-state index contributed by atoms with van der Waals surface area (Å²) < 4.78 is 0. The van der Waals surface area contributed by atoms with Crippen LogP contribution in [0.25, 0.3) is 0 Å². The van der Waals surface area contributed by atoms with Crippen LogP contribution in [0, 0.1) is 11.3 Å². The largest absolute Gasteiger partial charge is 0.396 e. The van der Waals surface area contributed by atoms with Crippen LogP contribution in [-0.2, 0) is 0 Å². The van der Waals surface area contributed by atoms with E-state index in [0.717, 1.165) is 18.8 Å². The van der Waals surface area contributed by atoms with Crippen molar-refractivity contribution in [2.45, 2.75) is 57.9 Å². The van der Waals surface area contributed by atoms with Crippen molar-refractivity contribution in [2.75, 3.05) is 13.2 Å². The first kappa shape index (κ1) is 11.4. The van der Waals surface area contributed by atoms with E-state index in [1.165, 1.54) is 38.6 Å². The van der Waals surface area contributed by atoms with Crippen LogP contribution in [0.4, 0.5) is 0 Å². The molecule has 2 heteroatoms. The average Bonchev–Trinajstić information content (AvgIpc) is 2.97. The van der Waals surface area contributed by atoms with Crippen LogP contribution in [0.3, 0.4) is 0 Å². The van der Waals surface area contributed by atoms with Gasteiger partial charge in [0.25, 0.3) is 0 Å². The molecule has 1 atom stereocenters. The van der Waals surface area contributed by atoms with E-state index in [2.05, 4.69) is 12.2 Å². The molecule has 2 nitrogen and oxygen atoms in total. The fourth-order valence-corrected chi connectivity index (χ4v) is 2.93. The fraction of sp³-hybridized carbons (Fsp3) is 1.00. The molecule has 0 aromatic rings. The molecule has 2 fully saturated rings. The highest BCUT2D eigenvalue weighted by Gasteiger charge is 2.48. The topological polar surface area (TPSA) is 32.3 Å². The number of hydrogen-bond donors (Lipinski definition) is 2. The Kier molecular flexibility index (Phi) is 3.68. The van der Waals surface area contributed by atoms with E-state index in [1.54, 1.807) is 0 Å². The van der Waals surface area contributed by atoms with Gasteiger partial charge in [-0.25, -0.2) is 0 Å². The van der Waals surface area contributed by atoms with Crippen LogP contribution in [-0.4, -0.2) is 24.3 Å². The first-order valence-corrected chi connectivity index (χ1v) is 6.61. The molecule has 0 heterocycles. The molecular weight excluding hydrogens is 186 g/mol. The molecule has 2 N–H and O–H groups in total. The van der Waals surface area contributed by atoms with Gasteiger partial charge in [-0.2, -0.15) is 0 Å². The molecule has 0 aromatic carbocycles. The molecule has 15 heavy (non-hydrogen) atoms. The SMILES string of the molecule is CC(CCCO)NCC1(C2CC2)CCC1. The van der Waals surface area contributed by atoms with Crippen molar-refractivity contribution in [3.63, 3.8) is 0 Å². The molecule has 0 bridgehead atoms. The normalized spacial score (nSPS) is 26.0. The molecule has 0 aliphatic heterocycles. The first-order chi connectivity index (χ1) is 7.27. The van der Waals surface area contributed by atoms with E-state index < -0.39 is 0 Å². The number of nitrogens with one attached hydrogen (secondary N) is 1. The standard InChI is InChI=1S/C13H25NO/c1-11(4-2-9-15)14-10-13(7-3-8-13)12-5-6-12/h11-12,14-15H,2-10H2,1H3. The highest BCUT2D eigenvalue weighted by Crippen LogP contribution is 2.56. The Balaban J connectivity index is 1.67. The van der Waals surface area contributed by atoms with Gasteiger partial charge in [0.2, 0.25) is 0 Å². The van der Waals surface area contributed by atoms with Gasteiger partial charge in [0.15, 0.2) is 0 Å². The number of rotatable bonds is 7. The first-order valence-electron chi connectivity index (χ1n) is 6.61. The molecular formula is C13H25NO. The maximum atomic E-state index is 8.77. The van der Waals surface area contributed by atoms with Crippen molar-refractivity contribution in [3.05, 3.63) is 0 Å². The third-order valence-electron chi connectivity index (χ3n) is 4.39. The van der Waals surface area contributed by atoms with E-state index in [9.17, 15) is 0 Å². The van der Waals surface area contributed by atoms with Crippen molar-refractivity contribution < 1.29 is 5.11 Å². The molecule has 0 spiro atoms. The average molecular weight is 211 g/mol. The minimum absolute atomic E-state index is 0.333. The lowest BCUT2D eigenvalue weighted by molar-refractivity contribution is 0.0944. The van der Waals surface area contributed by atoms with E-state index >= 15 is 0 Å². The third kappa shape index (κ3) is 2.73. The van der Waals surface area contributed by atoms with Crippen molar-refractivity contribution in [2.24, 2.45) is 11.3 Å². The quantitative estimate of drug-likeness (QED) is 0.677. The summed E-state index contributed by atoms with van der Waals surface area (Å²) >= 11 is 0. The molecule has 2 saturated carbocycles.